The number of halogens is 2. The SMILES string of the molecule is COc1ccc(NCc2ccncc2Cl)cc1Br. The van der Waals surface area contributed by atoms with Gasteiger partial charge >= 0.3 is 0 Å². The smallest absolute Gasteiger partial charge is 0.133 e. The Hall–Kier alpha value is -1.26. The molecule has 0 bridgehead atoms. The van der Waals surface area contributed by atoms with Crippen molar-refractivity contribution >= 4 is 33.2 Å². The summed E-state index contributed by atoms with van der Waals surface area (Å²) >= 11 is 9.48. The molecule has 1 aromatic carbocycles. The van der Waals surface area contributed by atoms with Crippen LogP contribution < -0.4 is 10.1 Å². The maximum absolute atomic E-state index is 6.04. The van der Waals surface area contributed by atoms with Crippen molar-refractivity contribution in [1.29, 1.82) is 0 Å². The maximum atomic E-state index is 6.04. The first-order valence-corrected chi connectivity index (χ1v) is 6.53. The standard InChI is InChI=1S/C13H12BrClN2O/c1-18-13-3-2-10(6-11(13)14)17-7-9-4-5-16-8-12(9)15/h2-6,8,17H,7H2,1H3. The van der Waals surface area contributed by atoms with Gasteiger partial charge in [0.15, 0.2) is 0 Å². The number of benzene rings is 1. The van der Waals surface area contributed by atoms with Crippen molar-refractivity contribution in [3.8, 4) is 5.75 Å². The Balaban J connectivity index is 2.07. The first-order chi connectivity index (χ1) is 8.70. The molecule has 0 amide bonds. The first kappa shape index (κ1) is 13.2. The molecule has 0 spiro atoms. The van der Waals surface area contributed by atoms with Crippen LogP contribution in [-0.4, -0.2) is 12.1 Å². The Labute approximate surface area is 119 Å². The van der Waals surface area contributed by atoms with Gasteiger partial charge in [-0.2, -0.15) is 0 Å². The second-order valence-electron chi connectivity index (χ2n) is 3.67. The lowest BCUT2D eigenvalue weighted by molar-refractivity contribution is 0.412. The highest BCUT2D eigenvalue weighted by atomic mass is 79.9. The Kier molecular flexibility index (Phi) is 4.44. The quantitative estimate of drug-likeness (QED) is 0.917. The number of methoxy groups -OCH3 is 1. The van der Waals surface area contributed by atoms with Gasteiger partial charge < -0.3 is 10.1 Å². The molecule has 1 heterocycles. The van der Waals surface area contributed by atoms with Gasteiger partial charge in [0.2, 0.25) is 0 Å². The molecule has 2 rings (SSSR count). The van der Waals surface area contributed by atoms with Crippen LogP contribution >= 0.6 is 27.5 Å². The van der Waals surface area contributed by atoms with Crippen molar-refractivity contribution in [3.05, 3.63) is 51.7 Å². The van der Waals surface area contributed by atoms with Crippen LogP contribution in [0.2, 0.25) is 5.02 Å². The Morgan fingerprint density at radius 2 is 2.22 bits per heavy atom. The highest BCUT2D eigenvalue weighted by Gasteiger charge is 2.02. The van der Waals surface area contributed by atoms with Crippen molar-refractivity contribution in [2.45, 2.75) is 6.54 Å². The average molecular weight is 328 g/mol. The van der Waals surface area contributed by atoms with Crippen molar-refractivity contribution < 1.29 is 4.74 Å². The van der Waals surface area contributed by atoms with Gasteiger partial charge in [0, 0.05) is 24.6 Å². The Morgan fingerprint density at radius 1 is 1.39 bits per heavy atom. The average Bonchev–Trinajstić information content (AvgIpc) is 2.38. The molecule has 18 heavy (non-hydrogen) atoms. The van der Waals surface area contributed by atoms with E-state index in [1.54, 1.807) is 19.5 Å². The highest BCUT2D eigenvalue weighted by molar-refractivity contribution is 9.10. The van der Waals surface area contributed by atoms with Gasteiger partial charge in [-0.1, -0.05) is 11.6 Å². The summed E-state index contributed by atoms with van der Waals surface area (Å²) in [6, 6.07) is 7.72. The van der Waals surface area contributed by atoms with Gasteiger partial charge in [0.1, 0.15) is 5.75 Å². The molecular weight excluding hydrogens is 316 g/mol. The number of nitrogens with one attached hydrogen (secondary N) is 1. The third kappa shape index (κ3) is 3.15. The molecular formula is C13H12BrClN2O. The summed E-state index contributed by atoms with van der Waals surface area (Å²) in [6.07, 6.45) is 3.37. The summed E-state index contributed by atoms with van der Waals surface area (Å²) < 4.78 is 6.09. The third-order valence-electron chi connectivity index (χ3n) is 2.49. The summed E-state index contributed by atoms with van der Waals surface area (Å²) in [5.74, 6) is 0.808. The van der Waals surface area contributed by atoms with E-state index in [-0.39, 0.29) is 0 Å². The minimum absolute atomic E-state index is 0.653. The summed E-state index contributed by atoms with van der Waals surface area (Å²) in [7, 11) is 1.64. The lowest BCUT2D eigenvalue weighted by Gasteiger charge is -2.09. The molecule has 2 aromatic rings. The normalized spacial score (nSPS) is 10.2. The number of hydrogen-bond acceptors (Lipinski definition) is 3. The molecule has 5 heteroatoms. The van der Waals surface area contributed by atoms with Crippen LogP contribution in [0.25, 0.3) is 0 Å². The van der Waals surface area contributed by atoms with Gasteiger partial charge in [0.05, 0.1) is 16.6 Å². The van der Waals surface area contributed by atoms with Crippen LogP contribution in [0.5, 0.6) is 5.75 Å². The Bertz CT molecular complexity index is 548. The molecule has 0 radical (unpaired) electrons. The van der Waals surface area contributed by atoms with E-state index in [1.165, 1.54) is 0 Å². The first-order valence-electron chi connectivity index (χ1n) is 5.36. The van der Waals surface area contributed by atoms with E-state index in [2.05, 4.69) is 26.2 Å². The van der Waals surface area contributed by atoms with E-state index in [0.29, 0.717) is 11.6 Å². The predicted octanol–water partition coefficient (Wildman–Crippen LogP) is 4.12. The largest absolute Gasteiger partial charge is 0.496 e. The minimum Gasteiger partial charge on any atom is -0.496 e. The van der Waals surface area contributed by atoms with Crippen molar-refractivity contribution in [1.82, 2.24) is 4.98 Å². The van der Waals surface area contributed by atoms with Crippen LogP contribution in [0.1, 0.15) is 5.56 Å². The second-order valence-corrected chi connectivity index (χ2v) is 4.93. The fraction of sp³-hybridized carbons (Fsp3) is 0.154. The molecule has 0 saturated carbocycles. The molecule has 0 fully saturated rings. The van der Waals surface area contributed by atoms with Gasteiger partial charge in [-0.15, -0.1) is 0 Å². The van der Waals surface area contributed by atoms with Crippen LogP contribution in [0, 0.1) is 0 Å². The van der Waals surface area contributed by atoms with Gasteiger partial charge in [-0.25, -0.2) is 0 Å². The van der Waals surface area contributed by atoms with Crippen molar-refractivity contribution in [3.63, 3.8) is 0 Å². The van der Waals surface area contributed by atoms with Crippen LogP contribution in [0.15, 0.2) is 41.1 Å². The number of anilines is 1. The molecule has 0 atom stereocenters. The molecule has 0 aliphatic rings. The fourth-order valence-corrected chi connectivity index (χ4v) is 2.25. The van der Waals surface area contributed by atoms with E-state index in [4.69, 9.17) is 16.3 Å². The number of ether oxygens (including phenoxy) is 1. The number of hydrogen-bond donors (Lipinski definition) is 1. The molecule has 0 aliphatic carbocycles. The van der Waals surface area contributed by atoms with Gasteiger partial charge in [0.25, 0.3) is 0 Å². The Morgan fingerprint density at radius 3 is 2.89 bits per heavy atom. The van der Waals surface area contributed by atoms with Crippen LogP contribution in [-0.2, 0) is 6.54 Å². The molecule has 94 valence electrons. The van der Waals surface area contributed by atoms with E-state index in [9.17, 15) is 0 Å². The van der Waals surface area contributed by atoms with E-state index in [1.807, 2.05) is 24.3 Å². The third-order valence-corrected chi connectivity index (χ3v) is 3.45. The second kappa shape index (κ2) is 6.07. The topological polar surface area (TPSA) is 34.1 Å². The maximum Gasteiger partial charge on any atom is 0.133 e. The zero-order valence-corrected chi connectivity index (χ0v) is 12.1. The molecule has 1 N–H and O–H groups in total. The van der Waals surface area contributed by atoms with Crippen molar-refractivity contribution in [2.75, 3.05) is 12.4 Å². The monoisotopic (exact) mass is 326 g/mol. The van der Waals surface area contributed by atoms with E-state index < -0.39 is 0 Å². The van der Waals surface area contributed by atoms with Gasteiger partial charge in [-0.05, 0) is 45.8 Å². The minimum atomic E-state index is 0.653. The van der Waals surface area contributed by atoms with Crippen LogP contribution in [0.4, 0.5) is 5.69 Å². The molecule has 3 nitrogen and oxygen atoms in total. The van der Waals surface area contributed by atoms with Crippen LogP contribution in [0.3, 0.4) is 0 Å². The summed E-state index contributed by atoms with van der Waals surface area (Å²) in [5, 5.41) is 3.96. The van der Waals surface area contributed by atoms with E-state index in [0.717, 1.165) is 21.5 Å². The highest BCUT2D eigenvalue weighted by Crippen LogP contribution is 2.28. The summed E-state index contributed by atoms with van der Waals surface area (Å²) in [5.41, 5.74) is 2.01. The molecule has 0 unspecified atom stereocenters. The number of aromatic nitrogens is 1. The number of nitrogens with zero attached hydrogens (tertiary/aromatic N) is 1. The predicted molar refractivity (Wildman–Crippen MR) is 77.3 cm³/mol. The number of pyridine rings is 1. The van der Waals surface area contributed by atoms with Gasteiger partial charge in [-0.3, -0.25) is 4.98 Å². The molecule has 1 aromatic heterocycles. The van der Waals surface area contributed by atoms with Crippen molar-refractivity contribution in [2.24, 2.45) is 0 Å². The lowest BCUT2D eigenvalue weighted by Crippen LogP contribution is -2.00. The fourth-order valence-electron chi connectivity index (χ4n) is 1.52. The summed E-state index contributed by atoms with van der Waals surface area (Å²) in [4.78, 5) is 3.95. The van der Waals surface area contributed by atoms with E-state index >= 15 is 0 Å². The zero-order valence-electron chi connectivity index (χ0n) is 9.78. The number of rotatable bonds is 4. The lowest BCUT2D eigenvalue weighted by atomic mass is 10.2. The molecule has 0 aliphatic heterocycles. The summed E-state index contributed by atoms with van der Waals surface area (Å²) in [6.45, 7) is 0.653. The zero-order chi connectivity index (χ0) is 13.0. The molecule has 0 saturated heterocycles.